The number of hydrogen-bond donors (Lipinski definition) is 1. The molecule has 0 unspecified atom stereocenters. The maximum atomic E-state index is 12.8. The first-order chi connectivity index (χ1) is 10.1. The largest absolute Gasteiger partial charge is 0.335 e. The fourth-order valence-corrected chi connectivity index (χ4v) is 3.57. The van der Waals surface area contributed by atoms with Crippen LogP contribution in [0.5, 0.6) is 0 Å². The van der Waals surface area contributed by atoms with E-state index in [0.717, 1.165) is 29.8 Å². The summed E-state index contributed by atoms with van der Waals surface area (Å²) < 4.78 is 0. The second-order valence-electron chi connectivity index (χ2n) is 6.00. The topological polar surface area (TPSA) is 46.3 Å². The van der Waals surface area contributed by atoms with Crippen molar-refractivity contribution < 1.29 is 4.79 Å². The first-order valence-corrected chi connectivity index (χ1v) is 8.58. The molecule has 1 heterocycles. The van der Waals surface area contributed by atoms with Crippen molar-refractivity contribution in [2.75, 3.05) is 13.1 Å². The number of nitrogens with two attached hydrogens (primary N) is 1. The molecular weight excluding hydrogens is 280 g/mol. The van der Waals surface area contributed by atoms with Crippen molar-refractivity contribution in [3.05, 3.63) is 21.9 Å². The zero-order valence-corrected chi connectivity index (χ0v) is 13.7. The number of amides is 1. The van der Waals surface area contributed by atoms with E-state index >= 15 is 0 Å². The number of carbonyl (C=O) groups is 1. The SMILES string of the molecule is CC(C)CN(C(=O)c1csc(C#CCN)c1)C1CCCC1. The first kappa shape index (κ1) is 16.1. The van der Waals surface area contributed by atoms with E-state index in [1.54, 1.807) is 0 Å². The Morgan fingerprint density at radius 3 is 2.81 bits per heavy atom. The highest BCUT2D eigenvalue weighted by Gasteiger charge is 2.28. The van der Waals surface area contributed by atoms with Gasteiger partial charge in [0.05, 0.1) is 17.0 Å². The molecule has 1 amide bonds. The molecule has 0 saturated heterocycles. The highest BCUT2D eigenvalue weighted by atomic mass is 32.1. The van der Waals surface area contributed by atoms with Gasteiger partial charge < -0.3 is 10.6 Å². The molecule has 0 atom stereocenters. The van der Waals surface area contributed by atoms with Gasteiger partial charge in [-0.25, -0.2) is 0 Å². The van der Waals surface area contributed by atoms with Gasteiger partial charge in [0.1, 0.15) is 0 Å². The monoisotopic (exact) mass is 304 g/mol. The molecule has 21 heavy (non-hydrogen) atoms. The number of thiophene rings is 1. The molecule has 1 fully saturated rings. The smallest absolute Gasteiger partial charge is 0.255 e. The first-order valence-electron chi connectivity index (χ1n) is 7.70. The Morgan fingerprint density at radius 1 is 1.48 bits per heavy atom. The Hall–Kier alpha value is -1.31. The summed E-state index contributed by atoms with van der Waals surface area (Å²) in [5.74, 6) is 6.49. The van der Waals surface area contributed by atoms with Gasteiger partial charge in [-0.2, -0.15) is 0 Å². The van der Waals surface area contributed by atoms with E-state index in [4.69, 9.17) is 5.73 Å². The average Bonchev–Trinajstić information content (AvgIpc) is 3.12. The van der Waals surface area contributed by atoms with E-state index in [2.05, 4.69) is 30.6 Å². The summed E-state index contributed by atoms with van der Waals surface area (Å²) in [6, 6.07) is 2.32. The summed E-state index contributed by atoms with van der Waals surface area (Å²) >= 11 is 1.52. The molecule has 1 aliphatic rings. The Labute approximate surface area is 131 Å². The van der Waals surface area contributed by atoms with Crippen molar-refractivity contribution in [3.8, 4) is 11.8 Å². The Bertz CT molecular complexity index is 532. The number of hydrogen-bond acceptors (Lipinski definition) is 3. The van der Waals surface area contributed by atoms with Crippen LogP contribution in [0.2, 0.25) is 0 Å². The van der Waals surface area contributed by atoms with Gasteiger partial charge in [-0.3, -0.25) is 4.79 Å². The van der Waals surface area contributed by atoms with Crippen LogP contribution in [-0.2, 0) is 0 Å². The van der Waals surface area contributed by atoms with Crippen LogP contribution in [0.3, 0.4) is 0 Å². The number of rotatable bonds is 4. The summed E-state index contributed by atoms with van der Waals surface area (Å²) in [5.41, 5.74) is 6.16. The van der Waals surface area contributed by atoms with Gasteiger partial charge in [-0.1, -0.05) is 38.5 Å². The van der Waals surface area contributed by atoms with Crippen LogP contribution >= 0.6 is 11.3 Å². The van der Waals surface area contributed by atoms with Crippen LogP contribution < -0.4 is 5.73 Å². The van der Waals surface area contributed by atoms with Gasteiger partial charge in [0, 0.05) is 18.0 Å². The lowest BCUT2D eigenvalue weighted by atomic mass is 10.1. The van der Waals surface area contributed by atoms with Crippen LogP contribution in [0.15, 0.2) is 11.4 Å². The van der Waals surface area contributed by atoms with Crippen molar-refractivity contribution in [1.29, 1.82) is 0 Å². The molecule has 1 aromatic heterocycles. The third-order valence-corrected chi connectivity index (χ3v) is 4.59. The minimum absolute atomic E-state index is 0.160. The number of nitrogens with zero attached hydrogens (tertiary/aromatic N) is 1. The second-order valence-corrected chi connectivity index (χ2v) is 6.91. The molecule has 2 N–H and O–H groups in total. The maximum Gasteiger partial charge on any atom is 0.255 e. The molecule has 3 nitrogen and oxygen atoms in total. The lowest BCUT2D eigenvalue weighted by Gasteiger charge is -2.30. The molecule has 114 valence electrons. The van der Waals surface area contributed by atoms with E-state index in [9.17, 15) is 4.79 Å². The quantitative estimate of drug-likeness (QED) is 0.869. The van der Waals surface area contributed by atoms with Crippen molar-refractivity contribution in [1.82, 2.24) is 4.90 Å². The maximum absolute atomic E-state index is 12.8. The van der Waals surface area contributed by atoms with Gasteiger partial charge in [0.25, 0.3) is 5.91 Å². The Kier molecular flexibility index (Phi) is 5.84. The van der Waals surface area contributed by atoms with Gasteiger partial charge in [0.15, 0.2) is 0 Å². The summed E-state index contributed by atoms with van der Waals surface area (Å²) in [6.45, 7) is 5.52. The second kappa shape index (κ2) is 7.63. The predicted octanol–water partition coefficient (Wildman–Crippen LogP) is 3.10. The third-order valence-electron chi connectivity index (χ3n) is 3.75. The molecule has 0 bridgehead atoms. The van der Waals surface area contributed by atoms with Crippen molar-refractivity contribution in [2.45, 2.75) is 45.6 Å². The Morgan fingerprint density at radius 2 is 2.19 bits per heavy atom. The van der Waals surface area contributed by atoms with Crippen LogP contribution in [0.25, 0.3) is 0 Å². The van der Waals surface area contributed by atoms with E-state index in [1.807, 2.05) is 11.4 Å². The average molecular weight is 304 g/mol. The molecule has 0 spiro atoms. The van der Waals surface area contributed by atoms with Crippen LogP contribution in [0.4, 0.5) is 0 Å². The normalized spacial score (nSPS) is 15.0. The van der Waals surface area contributed by atoms with Crippen molar-refractivity contribution in [3.63, 3.8) is 0 Å². The summed E-state index contributed by atoms with van der Waals surface area (Å²) in [5, 5.41) is 1.92. The minimum Gasteiger partial charge on any atom is -0.335 e. The molecule has 2 rings (SSSR count). The van der Waals surface area contributed by atoms with Gasteiger partial charge in [-0.05, 0) is 24.8 Å². The van der Waals surface area contributed by atoms with Gasteiger partial charge in [0.2, 0.25) is 0 Å². The van der Waals surface area contributed by atoms with Crippen LogP contribution in [-0.4, -0.2) is 29.9 Å². The van der Waals surface area contributed by atoms with E-state index < -0.39 is 0 Å². The zero-order chi connectivity index (χ0) is 15.2. The minimum atomic E-state index is 0.160. The fourth-order valence-electron chi connectivity index (χ4n) is 2.83. The van der Waals surface area contributed by atoms with E-state index in [-0.39, 0.29) is 5.91 Å². The van der Waals surface area contributed by atoms with Crippen molar-refractivity contribution >= 4 is 17.2 Å². The molecule has 0 aliphatic heterocycles. The number of carbonyl (C=O) groups excluding carboxylic acids is 1. The fraction of sp³-hybridized carbons (Fsp3) is 0.588. The third kappa shape index (κ3) is 4.33. The standard InChI is InChI=1S/C17H24N2OS/c1-13(2)11-19(15-6-3-4-7-15)17(20)14-10-16(21-12-14)8-5-9-18/h10,12-13,15H,3-4,6-7,9,11,18H2,1-2H3. The summed E-state index contributed by atoms with van der Waals surface area (Å²) in [7, 11) is 0. The molecule has 1 saturated carbocycles. The van der Waals surface area contributed by atoms with E-state index in [1.165, 1.54) is 24.2 Å². The predicted molar refractivity (Wildman–Crippen MR) is 88.4 cm³/mol. The molecular formula is C17H24N2OS. The highest BCUT2D eigenvalue weighted by Crippen LogP contribution is 2.26. The summed E-state index contributed by atoms with van der Waals surface area (Å²) in [6.07, 6.45) is 4.76. The van der Waals surface area contributed by atoms with Crippen LogP contribution in [0.1, 0.15) is 54.8 Å². The van der Waals surface area contributed by atoms with Gasteiger partial charge in [-0.15, -0.1) is 11.3 Å². The molecule has 0 radical (unpaired) electrons. The molecule has 4 heteroatoms. The van der Waals surface area contributed by atoms with E-state index in [0.29, 0.717) is 18.5 Å². The highest BCUT2D eigenvalue weighted by molar-refractivity contribution is 7.10. The summed E-state index contributed by atoms with van der Waals surface area (Å²) in [4.78, 5) is 15.8. The van der Waals surface area contributed by atoms with Crippen molar-refractivity contribution in [2.24, 2.45) is 11.7 Å². The molecule has 1 aromatic rings. The molecule has 1 aliphatic carbocycles. The zero-order valence-electron chi connectivity index (χ0n) is 12.9. The lowest BCUT2D eigenvalue weighted by Crippen LogP contribution is -2.41. The van der Waals surface area contributed by atoms with Gasteiger partial charge >= 0.3 is 0 Å². The lowest BCUT2D eigenvalue weighted by molar-refractivity contribution is 0.0656. The molecule has 0 aromatic carbocycles. The Balaban J connectivity index is 2.14. The van der Waals surface area contributed by atoms with Crippen LogP contribution in [0, 0.1) is 17.8 Å².